The summed E-state index contributed by atoms with van der Waals surface area (Å²) < 4.78 is 24.7. The fourth-order valence-corrected chi connectivity index (χ4v) is 5.00. The van der Waals surface area contributed by atoms with Crippen molar-refractivity contribution in [2.24, 2.45) is 17.3 Å². The van der Waals surface area contributed by atoms with Crippen LogP contribution >= 0.6 is 0 Å². The van der Waals surface area contributed by atoms with Gasteiger partial charge in [-0.25, -0.2) is 0 Å². The van der Waals surface area contributed by atoms with Crippen molar-refractivity contribution in [3.8, 4) is 11.5 Å². The van der Waals surface area contributed by atoms with Gasteiger partial charge in [-0.3, -0.25) is 0 Å². The zero-order valence-corrected chi connectivity index (χ0v) is 12.3. The zero-order valence-electron chi connectivity index (χ0n) is 15.3. The summed E-state index contributed by atoms with van der Waals surface area (Å²) in [7, 11) is 0. The minimum Gasteiger partial charge on any atom is -0.504 e. The molecule has 0 unspecified atom stereocenters. The lowest BCUT2D eigenvalue weighted by atomic mass is 9.55. The molecule has 0 heterocycles. The standard InChI is InChI=1S/C18H24O3/c1-18-7-6-11-12(14(18)4-5-17(18)21)3-2-10-8-15(19)16(20)9-13(10)11/h8-9,11-12,14,17,19-21H,2-7H2,1H3/t11-,12+,14-,17-,18-/m1/s1/i5D2,17D. The second kappa shape index (κ2) is 4.39. The minimum atomic E-state index is -2.06. The molecule has 21 heavy (non-hydrogen) atoms. The van der Waals surface area contributed by atoms with Gasteiger partial charge in [-0.1, -0.05) is 6.92 Å². The molecule has 1 aromatic carbocycles. The van der Waals surface area contributed by atoms with Crippen molar-refractivity contribution in [2.45, 2.75) is 57.4 Å². The zero-order chi connectivity index (χ0) is 17.5. The van der Waals surface area contributed by atoms with E-state index in [2.05, 4.69) is 0 Å². The Morgan fingerprint density at radius 1 is 1.24 bits per heavy atom. The molecule has 3 N–H and O–H groups in total. The van der Waals surface area contributed by atoms with E-state index in [9.17, 15) is 15.3 Å². The van der Waals surface area contributed by atoms with Crippen molar-refractivity contribution in [2.75, 3.05) is 0 Å². The van der Waals surface area contributed by atoms with E-state index >= 15 is 0 Å². The topological polar surface area (TPSA) is 60.7 Å². The lowest BCUT2D eigenvalue weighted by molar-refractivity contribution is -0.0226. The van der Waals surface area contributed by atoms with Crippen LogP contribution in [0.5, 0.6) is 11.5 Å². The molecule has 3 heteroatoms. The Labute approximate surface area is 129 Å². The van der Waals surface area contributed by atoms with E-state index in [0.717, 1.165) is 30.4 Å². The molecule has 3 aliphatic carbocycles. The van der Waals surface area contributed by atoms with Crippen molar-refractivity contribution in [3.05, 3.63) is 23.3 Å². The molecule has 0 bridgehead atoms. The Bertz CT molecular complexity index is 703. The van der Waals surface area contributed by atoms with Gasteiger partial charge in [0.2, 0.25) is 0 Å². The summed E-state index contributed by atoms with van der Waals surface area (Å²) >= 11 is 0. The van der Waals surface area contributed by atoms with E-state index < -0.39 is 17.9 Å². The third kappa shape index (κ3) is 1.76. The van der Waals surface area contributed by atoms with Crippen LogP contribution in [0.2, 0.25) is 0 Å². The van der Waals surface area contributed by atoms with Crippen molar-refractivity contribution < 1.29 is 19.4 Å². The average Bonchev–Trinajstić information content (AvgIpc) is 2.64. The molecule has 3 nitrogen and oxygen atoms in total. The Hall–Kier alpha value is -1.22. The number of aryl methyl sites for hydroxylation is 1. The first-order chi connectivity index (χ1) is 11.1. The summed E-state index contributed by atoms with van der Waals surface area (Å²) in [5, 5.41) is 30.3. The highest BCUT2D eigenvalue weighted by Gasteiger charge is 2.54. The molecule has 0 aliphatic heterocycles. The van der Waals surface area contributed by atoms with E-state index in [0.29, 0.717) is 6.42 Å². The first-order valence-corrected chi connectivity index (χ1v) is 7.85. The first-order valence-electron chi connectivity index (χ1n) is 9.35. The summed E-state index contributed by atoms with van der Waals surface area (Å²) in [5.74, 6) is 0.155. The molecule has 0 aromatic heterocycles. The quantitative estimate of drug-likeness (QED) is 0.643. The normalized spacial score (nSPS) is 49.2. The van der Waals surface area contributed by atoms with Gasteiger partial charge in [0.05, 0.1) is 7.45 Å². The Morgan fingerprint density at radius 2 is 2.00 bits per heavy atom. The van der Waals surface area contributed by atoms with Gasteiger partial charge in [-0.2, -0.15) is 0 Å². The smallest absolute Gasteiger partial charge is 0.157 e. The monoisotopic (exact) mass is 291 g/mol. The summed E-state index contributed by atoms with van der Waals surface area (Å²) in [6.07, 6.45) is -0.744. The van der Waals surface area contributed by atoms with Crippen LogP contribution in [0.25, 0.3) is 0 Å². The third-order valence-electron chi connectivity index (χ3n) is 6.24. The van der Waals surface area contributed by atoms with Crippen LogP contribution < -0.4 is 0 Å². The molecule has 0 spiro atoms. The van der Waals surface area contributed by atoms with Gasteiger partial charge >= 0.3 is 0 Å². The highest BCUT2D eigenvalue weighted by molar-refractivity contribution is 5.48. The number of rotatable bonds is 0. The molecule has 0 radical (unpaired) electrons. The highest BCUT2D eigenvalue weighted by Crippen LogP contribution is 2.61. The number of phenolic OH excluding ortho intramolecular Hbond substituents is 2. The number of hydrogen-bond acceptors (Lipinski definition) is 3. The largest absolute Gasteiger partial charge is 0.504 e. The van der Waals surface area contributed by atoms with Crippen molar-refractivity contribution in [3.63, 3.8) is 0 Å². The van der Waals surface area contributed by atoms with E-state index in [1.54, 1.807) is 12.1 Å². The maximum atomic E-state index is 10.7. The van der Waals surface area contributed by atoms with Crippen molar-refractivity contribution in [1.82, 2.24) is 0 Å². The maximum absolute atomic E-state index is 10.7. The number of hydrogen-bond donors (Lipinski definition) is 3. The van der Waals surface area contributed by atoms with E-state index in [-0.39, 0.29) is 35.7 Å². The maximum Gasteiger partial charge on any atom is 0.157 e. The van der Waals surface area contributed by atoms with Crippen molar-refractivity contribution in [1.29, 1.82) is 0 Å². The van der Waals surface area contributed by atoms with Gasteiger partial charge in [0.25, 0.3) is 0 Å². The predicted octanol–water partition coefficient (Wildman–Crippen LogP) is 3.31. The molecule has 2 saturated carbocycles. The van der Waals surface area contributed by atoms with E-state index in [1.807, 2.05) is 6.92 Å². The molecule has 4 rings (SSSR count). The number of phenols is 2. The van der Waals surface area contributed by atoms with Crippen molar-refractivity contribution >= 4 is 0 Å². The lowest BCUT2D eigenvalue weighted by Gasteiger charge is -2.50. The van der Waals surface area contributed by atoms with Gasteiger partial charge in [0.15, 0.2) is 11.5 Å². The fraction of sp³-hybridized carbons (Fsp3) is 0.667. The molecule has 5 atom stereocenters. The number of fused-ring (bicyclic) bond motifs is 5. The summed E-state index contributed by atoms with van der Waals surface area (Å²) in [6.45, 7) is 1.87. The summed E-state index contributed by atoms with van der Waals surface area (Å²) in [4.78, 5) is 0. The van der Waals surface area contributed by atoms with E-state index in [1.165, 1.54) is 0 Å². The molecule has 0 saturated heterocycles. The Morgan fingerprint density at radius 3 is 2.81 bits per heavy atom. The number of aliphatic hydroxyl groups is 1. The van der Waals surface area contributed by atoms with Crippen LogP contribution in [-0.2, 0) is 6.42 Å². The molecule has 114 valence electrons. The van der Waals surface area contributed by atoms with Gasteiger partial charge in [-0.05, 0) is 84.9 Å². The molecule has 2 fully saturated rings. The van der Waals surface area contributed by atoms with Crippen LogP contribution in [-0.4, -0.2) is 21.4 Å². The van der Waals surface area contributed by atoms with Gasteiger partial charge < -0.3 is 15.3 Å². The summed E-state index contributed by atoms with van der Waals surface area (Å²) in [6, 6.07) is 3.30. The van der Waals surface area contributed by atoms with Crippen LogP contribution in [0.4, 0.5) is 0 Å². The van der Waals surface area contributed by atoms with E-state index in [4.69, 9.17) is 4.11 Å². The highest BCUT2D eigenvalue weighted by atomic mass is 16.3. The Kier molecular flexibility index (Phi) is 2.19. The van der Waals surface area contributed by atoms with Gasteiger partial charge in [0.1, 0.15) is 0 Å². The molecular weight excluding hydrogens is 264 g/mol. The average molecular weight is 291 g/mol. The van der Waals surface area contributed by atoms with Gasteiger partial charge in [-0.15, -0.1) is 0 Å². The van der Waals surface area contributed by atoms with Gasteiger partial charge in [0, 0.05) is 2.74 Å². The lowest BCUT2D eigenvalue weighted by Crippen LogP contribution is -2.43. The molecular formula is C18H24O3. The number of benzene rings is 1. The van der Waals surface area contributed by atoms with Crippen LogP contribution in [0.1, 0.15) is 60.1 Å². The summed E-state index contributed by atoms with van der Waals surface area (Å²) in [5.41, 5.74) is 1.36. The second-order valence-electron chi connectivity index (χ2n) is 7.14. The third-order valence-corrected chi connectivity index (χ3v) is 6.24. The predicted molar refractivity (Wildman–Crippen MR) is 80.4 cm³/mol. The number of aromatic hydroxyl groups is 2. The van der Waals surface area contributed by atoms with Crippen LogP contribution in [0.15, 0.2) is 12.1 Å². The fourth-order valence-electron chi connectivity index (χ4n) is 5.00. The SMILES string of the molecule is [2H]C1([2H])C[C@@H]2[C@H]3CCc4cc(O)c(O)cc4[C@@H]3CC[C@@]2(C)[C@]1([2H])O. The first kappa shape index (κ1) is 10.5. The second-order valence-corrected chi connectivity index (χ2v) is 7.14. The Balaban J connectivity index is 1.76. The molecule has 3 aliphatic rings. The molecule has 1 aromatic rings. The van der Waals surface area contributed by atoms with Crippen LogP contribution in [0, 0.1) is 17.3 Å². The molecule has 0 amide bonds. The van der Waals surface area contributed by atoms with Crippen LogP contribution in [0.3, 0.4) is 0 Å². The minimum absolute atomic E-state index is 0.0437.